The van der Waals surface area contributed by atoms with Crippen LogP contribution in [0.25, 0.3) is 21.9 Å². The normalized spacial score (nSPS) is 11.1. The lowest BCUT2D eigenvalue weighted by Crippen LogP contribution is -2.16. The number of nitrogens with one attached hydrogen (secondary N) is 1. The van der Waals surface area contributed by atoms with Crippen molar-refractivity contribution < 1.29 is 4.74 Å². The first kappa shape index (κ1) is 19.3. The molecular weight excluding hydrogens is 338 g/mol. The van der Waals surface area contributed by atoms with Gasteiger partial charge in [-0.2, -0.15) is 5.10 Å². The predicted molar refractivity (Wildman–Crippen MR) is 106 cm³/mol. The van der Waals surface area contributed by atoms with Crippen LogP contribution < -0.4 is 10.1 Å². The molecule has 0 saturated heterocycles. The SMILES string of the molecule is COc1cccc2c(NCCCN(C)C)c3c(C)nn(C)c3nc12.Cl. The van der Waals surface area contributed by atoms with Gasteiger partial charge in [0, 0.05) is 19.0 Å². The molecule has 0 radical (unpaired) electrons. The van der Waals surface area contributed by atoms with Gasteiger partial charge in [0.1, 0.15) is 11.3 Å². The topological polar surface area (TPSA) is 55.2 Å². The van der Waals surface area contributed by atoms with Gasteiger partial charge in [0.15, 0.2) is 5.65 Å². The van der Waals surface area contributed by atoms with Crippen LogP contribution in [0, 0.1) is 6.92 Å². The lowest BCUT2D eigenvalue weighted by Gasteiger charge is -2.14. The Morgan fingerprint density at radius 1 is 1.28 bits per heavy atom. The number of halogens is 1. The number of benzene rings is 1. The number of nitrogens with zero attached hydrogens (tertiary/aromatic N) is 4. The summed E-state index contributed by atoms with van der Waals surface area (Å²) in [5.74, 6) is 0.782. The monoisotopic (exact) mass is 363 g/mol. The van der Waals surface area contributed by atoms with E-state index in [2.05, 4.69) is 35.5 Å². The van der Waals surface area contributed by atoms with Gasteiger partial charge in [0.2, 0.25) is 0 Å². The second kappa shape index (κ2) is 7.89. The molecule has 0 fully saturated rings. The fourth-order valence-corrected chi connectivity index (χ4v) is 3.10. The Kier molecular flexibility index (Phi) is 6.08. The lowest BCUT2D eigenvalue weighted by molar-refractivity contribution is 0.405. The molecule has 0 atom stereocenters. The van der Waals surface area contributed by atoms with Gasteiger partial charge in [0.05, 0.1) is 23.9 Å². The van der Waals surface area contributed by atoms with Gasteiger partial charge < -0.3 is 15.0 Å². The average molecular weight is 364 g/mol. The first-order valence-electron chi connectivity index (χ1n) is 8.21. The zero-order valence-corrected chi connectivity index (χ0v) is 16.3. The van der Waals surface area contributed by atoms with Crippen LogP contribution in [0.15, 0.2) is 18.2 Å². The van der Waals surface area contributed by atoms with Gasteiger partial charge in [-0.15, -0.1) is 12.4 Å². The zero-order chi connectivity index (χ0) is 17.3. The maximum absolute atomic E-state index is 5.51. The fraction of sp³-hybridized carbons (Fsp3) is 0.444. The molecule has 136 valence electrons. The second-order valence-corrected chi connectivity index (χ2v) is 6.33. The first-order valence-corrected chi connectivity index (χ1v) is 8.21. The van der Waals surface area contributed by atoms with Crippen LogP contribution in [0.4, 0.5) is 5.69 Å². The molecule has 0 unspecified atom stereocenters. The van der Waals surface area contributed by atoms with Crippen molar-refractivity contribution in [3.63, 3.8) is 0 Å². The van der Waals surface area contributed by atoms with Gasteiger partial charge in [-0.05, 0) is 40.1 Å². The molecular formula is C18H26ClN5O. The van der Waals surface area contributed by atoms with E-state index in [0.29, 0.717) is 0 Å². The second-order valence-electron chi connectivity index (χ2n) is 6.33. The molecule has 0 bridgehead atoms. The van der Waals surface area contributed by atoms with Crippen molar-refractivity contribution in [1.29, 1.82) is 0 Å². The number of hydrogen-bond acceptors (Lipinski definition) is 5. The lowest BCUT2D eigenvalue weighted by atomic mass is 10.1. The molecule has 2 aromatic heterocycles. The smallest absolute Gasteiger partial charge is 0.160 e. The van der Waals surface area contributed by atoms with E-state index in [4.69, 9.17) is 9.72 Å². The maximum atomic E-state index is 5.51. The highest BCUT2D eigenvalue weighted by atomic mass is 35.5. The number of pyridine rings is 1. The summed E-state index contributed by atoms with van der Waals surface area (Å²) in [5.41, 5.74) is 3.82. The van der Waals surface area contributed by atoms with Crippen LogP contribution in [-0.2, 0) is 7.05 Å². The molecule has 1 aromatic carbocycles. The minimum atomic E-state index is 0. The van der Waals surface area contributed by atoms with E-state index in [0.717, 1.165) is 58.6 Å². The van der Waals surface area contributed by atoms with E-state index in [1.165, 1.54) is 0 Å². The van der Waals surface area contributed by atoms with Crippen LogP contribution in [0.1, 0.15) is 12.1 Å². The summed E-state index contributed by atoms with van der Waals surface area (Å²) in [4.78, 5) is 7.01. The molecule has 3 rings (SSSR count). The van der Waals surface area contributed by atoms with E-state index in [-0.39, 0.29) is 12.4 Å². The van der Waals surface area contributed by atoms with E-state index in [1.807, 2.05) is 30.8 Å². The molecule has 2 heterocycles. The van der Waals surface area contributed by atoms with E-state index < -0.39 is 0 Å². The Morgan fingerprint density at radius 2 is 2.04 bits per heavy atom. The molecule has 6 nitrogen and oxygen atoms in total. The molecule has 0 spiro atoms. The Hall–Kier alpha value is -2.05. The summed E-state index contributed by atoms with van der Waals surface area (Å²) >= 11 is 0. The summed E-state index contributed by atoms with van der Waals surface area (Å²) in [6.07, 6.45) is 1.07. The van der Waals surface area contributed by atoms with Crippen LogP contribution >= 0.6 is 12.4 Å². The Labute approximate surface area is 154 Å². The molecule has 7 heteroatoms. The van der Waals surface area contributed by atoms with Crippen LogP contribution in [-0.4, -0.2) is 54.0 Å². The highest BCUT2D eigenvalue weighted by molar-refractivity contribution is 6.09. The van der Waals surface area contributed by atoms with Crippen molar-refractivity contribution in [2.75, 3.05) is 39.6 Å². The third-order valence-corrected chi connectivity index (χ3v) is 4.23. The molecule has 1 N–H and O–H groups in total. The predicted octanol–water partition coefficient (Wildman–Crippen LogP) is 3.22. The molecule has 0 aliphatic carbocycles. The first-order chi connectivity index (χ1) is 11.5. The largest absolute Gasteiger partial charge is 0.494 e. The number of para-hydroxylation sites is 1. The van der Waals surface area contributed by atoms with Gasteiger partial charge >= 0.3 is 0 Å². The standard InChI is InChI=1S/C18H25N5O.ClH/c1-12-15-17(19-10-7-11-22(2)3)13-8-6-9-14(24-5)16(13)20-18(15)23(4)21-12;/h6,8-9H,7,10-11H2,1-5H3,(H,19,20);1H. The molecule has 0 aliphatic heterocycles. The zero-order valence-electron chi connectivity index (χ0n) is 15.5. The van der Waals surface area contributed by atoms with Crippen molar-refractivity contribution in [3.8, 4) is 5.75 Å². The van der Waals surface area contributed by atoms with Crippen molar-refractivity contribution in [2.45, 2.75) is 13.3 Å². The van der Waals surface area contributed by atoms with Crippen molar-refractivity contribution in [1.82, 2.24) is 19.7 Å². The molecule has 3 aromatic rings. The van der Waals surface area contributed by atoms with Crippen LogP contribution in [0.2, 0.25) is 0 Å². The fourth-order valence-electron chi connectivity index (χ4n) is 3.10. The van der Waals surface area contributed by atoms with Gasteiger partial charge in [-0.3, -0.25) is 4.68 Å². The van der Waals surface area contributed by atoms with Crippen molar-refractivity contribution in [3.05, 3.63) is 23.9 Å². The Bertz CT molecular complexity index is 875. The third-order valence-electron chi connectivity index (χ3n) is 4.23. The summed E-state index contributed by atoms with van der Waals surface area (Å²) in [6, 6.07) is 6.04. The summed E-state index contributed by atoms with van der Waals surface area (Å²) < 4.78 is 7.34. The number of hydrogen-bond donors (Lipinski definition) is 1. The molecule has 25 heavy (non-hydrogen) atoms. The summed E-state index contributed by atoms with van der Waals surface area (Å²) in [5, 5.41) is 10.3. The van der Waals surface area contributed by atoms with Crippen LogP contribution in [0.5, 0.6) is 5.75 Å². The van der Waals surface area contributed by atoms with Gasteiger partial charge in [-0.25, -0.2) is 4.98 Å². The highest BCUT2D eigenvalue weighted by Crippen LogP contribution is 2.36. The van der Waals surface area contributed by atoms with Gasteiger partial charge in [-0.1, -0.05) is 12.1 Å². The number of rotatable bonds is 6. The minimum absolute atomic E-state index is 0. The number of anilines is 1. The number of fused-ring (bicyclic) bond motifs is 2. The molecule has 0 aliphatic rings. The maximum Gasteiger partial charge on any atom is 0.160 e. The Balaban J connectivity index is 0.00000225. The Morgan fingerprint density at radius 3 is 2.72 bits per heavy atom. The summed E-state index contributed by atoms with van der Waals surface area (Å²) in [7, 11) is 7.80. The number of aromatic nitrogens is 3. The van der Waals surface area contributed by atoms with Crippen LogP contribution in [0.3, 0.4) is 0 Å². The summed E-state index contributed by atoms with van der Waals surface area (Å²) in [6.45, 7) is 3.98. The third kappa shape index (κ3) is 3.65. The number of methoxy groups -OCH3 is 1. The number of aryl methyl sites for hydroxylation is 2. The van der Waals surface area contributed by atoms with Crippen molar-refractivity contribution >= 4 is 40.0 Å². The average Bonchev–Trinajstić information content (AvgIpc) is 2.84. The highest BCUT2D eigenvalue weighted by Gasteiger charge is 2.17. The molecule has 0 saturated carbocycles. The number of ether oxygens (including phenoxy) is 1. The van der Waals surface area contributed by atoms with E-state index in [1.54, 1.807) is 7.11 Å². The minimum Gasteiger partial charge on any atom is -0.494 e. The van der Waals surface area contributed by atoms with E-state index >= 15 is 0 Å². The molecule has 0 amide bonds. The van der Waals surface area contributed by atoms with Gasteiger partial charge in [0.25, 0.3) is 0 Å². The van der Waals surface area contributed by atoms with Crippen molar-refractivity contribution in [2.24, 2.45) is 7.05 Å². The quantitative estimate of drug-likeness (QED) is 0.681. The van der Waals surface area contributed by atoms with E-state index in [9.17, 15) is 0 Å².